The van der Waals surface area contributed by atoms with Gasteiger partial charge in [-0.05, 0) is 39.5 Å². The highest BCUT2D eigenvalue weighted by Crippen LogP contribution is 2.15. The predicted molar refractivity (Wildman–Crippen MR) is 72.5 cm³/mol. The molecule has 1 amide bonds. The van der Waals surface area contributed by atoms with E-state index in [1.807, 2.05) is 41.5 Å². The maximum Gasteiger partial charge on any atom is 0.410 e. The molecule has 0 aromatic rings. The molecular formula is C14H27NO3. The summed E-state index contributed by atoms with van der Waals surface area (Å²) in [7, 11) is 0. The molecule has 0 rings (SSSR count). The molecule has 0 bridgehead atoms. The molecule has 0 saturated heterocycles. The largest absolute Gasteiger partial charge is 0.444 e. The second-order valence-corrected chi connectivity index (χ2v) is 6.01. The van der Waals surface area contributed by atoms with Gasteiger partial charge >= 0.3 is 6.09 Å². The molecular weight excluding hydrogens is 230 g/mol. The van der Waals surface area contributed by atoms with Crippen LogP contribution in [0.4, 0.5) is 4.79 Å². The first-order chi connectivity index (χ1) is 8.21. The first-order valence-electron chi connectivity index (χ1n) is 6.66. The minimum absolute atomic E-state index is 0.363. The third-order valence-corrected chi connectivity index (χ3v) is 2.36. The average molecular weight is 257 g/mol. The lowest BCUT2D eigenvalue weighted by molar-refractivity contribution is -0.113. The number of nitrogens with zero attached hydrogens (tertiary/aromatic N) is 1. The van der Waals surface area contributed by atoms with Crippen LogP contribution in [0, 0.1) is 5.92 Å². The fourth-order valence-electron chi connectivity index (χ4n) is 1.69. The second kappa shape index (κ2) is 7.39. The van der Waals surface area contributed by atoms with Crippen LogP contribution in [-0.4, -0.2) is 35.5 Å². The van der Waals surface area contributed by atoms with Crippen LogP contribution in [0.5, 0.6) is 0 Å². The molecule has 0 aromatic carbocycles. The Hall–Kier alpha value is -1.06. The van der Waals surface area contributed by atoms with Crippen LogP contribution < -0.4 is 0 Å². The molecule has 0 N–H and O–H groups in total. The molecule has 0 radical (unpaired) electrons. The van der Waals surface area contributed by atoms with Crippen LogP contribution in [0.15, 0.2) is 0 Å². The van der Waals surface area contributed by atoms with Crippen molar-refractivity contribution in [1.29, 1.82) is 0 Å². The van der Waals surface area contributed by atoms with Crippen molar-refractivity contribution < 1.29 is 14.3 Å². The molecule has 4 heteroatoms. The van der Waals surface area contributed by atoms with E-state index in [1.54, 1.807) is 0 Å². The van der Waals surface area contributed by atoms with E-state index in [0.717, 1.165) is 12.7 Å². The van der Waals surface area contributed by atoms with Crippen LogP contribution >= 0.6 is 0 Å². The van der Waals surface area contributed by atoms with E-state index in [0.29, 0.717) is 18.9 Å². The van der Waals surface area contributed by atoms with Crippen LogP contribution in [0.2, 0.25) is 0 Å². The number of ether oxygens (including phenoxy) is 1. The molecule has 1 atom stereocenters. The average Bonchev–Trinajstić information content (AvgIpc) is 2.20. The highest BCUT2D eigenvalue weighted by molar-refractivity contribution is 5.73. The molecule has 0 saturated carbocycles. The van der Waals surface area contributed by atoms with Gasteiger partial charge in [-0.25, -0.2) is 4.79 Å². The highest BCUT2D eigenvalue weighted by Gasteiger charge is 2.27. The molecule has 0 fully saturated rings. The van der Waals surface area contributed by atoms with Crippen molar-refractivity contribution in [2.75, 3.05) is 6.54 Å². The van der Waals surface area contributed by atoms with Gasteiger partial charge in [0, 0.05) is 6.54 Å². The maximum atomic E-state index is 12.1. The van der Waals surface area contributed by atoms with Gasteiger partial charge in [-0.2, -0.15) is 0 Å². The van der Waals surface area contributed by atoms with Crippen molar-refractivity contribution in [3.8, 4) is 0 Å². The second-order valence-electron chi connectivity index (χ2n) is 6.01. The zero-order chi connectivity index (χ0) is 14.3. The fraction of sp³-hybridized carbons (Fsp3) is 0.857. The first-order valence-corrected chi connectivity index (χ1v) is 6.66. The standard InChI is InChI=1S/C14H27NO3/c1-7-8-15(12(10-16)9-11(2)3)13(17)18-14(4,5)6/h10-12H,7-9H2,1-6H3. The Balaban J connectivity index is 4.80. The number of carbonyl (C=O) groups excluding carboxylic acids is 2. The molecule has 4 nitrogen and oxygen atoms in total. The molecule has 0 heterocycles. The van der Waals surface area contributed by atoms with Gasteiger partial charge in [-0.15, -0.1) is 0 Å². The van der Waals surface area contributed by atoms with Gasteiger partial charge in [0.15, 0.2) is 0 Å². The number of aldehydes is 1. The monoisotopic (exact) mass is 257 g/mol. The molecule has 18 heavy (non-hydrogen) atoms. The van der Waals surface area contributed by atoms with Gasteiger partial charge in [0.2, 0.25) is 0 Å². The lowest BCUT2D eigenvalue weighted by Gasteiger charge is -2.31. The summed E-state index contributed by atoms with van der Waals surface area (Å²) < 4.78 is 5.34. The topological polar surface area (TPSA) is 46.6 Å². The van der Waals surface area contributed by atoms with Crippen molar-refractivity contribution in [3.63, 3.8) is 0 Å². The maximum absolute atomic E-state index is 12.1. The Labute approximate surface area is 111 Å². The van der Waals surface area contributed by atoms with Gasteiger partial charge in [0.25, 0.3) is 0 Å². The van der Waals surface area contributed by atoms with E-state index in [2.05, 4.69) is 0 Å². The van der Waals surface area contributed by atoms with E-state index >= 15 is 0 Å². The summed E-state index contributed by atoms with van der Waals surface area (Å²) in [6.45, 7) is 12.1. The van der Waals surface area contributed by atoms with E-state index in [1.165, 1.54) is 4.90 Å². The van der Waals surface area contributed by atoms with Gasteiger partial charge < -0.3 is 9.53 Å². The molecule has 106 valence electrons. The summed E-state index contributed by atoms with van der Waals surface area (Å²) in [5.74, 6) is 0.363. The number of carbonyl (C=O) groups is 2. The lowest BCUT2D eigenvalue weighted by atomic mass is 10.0. The highest BCUT2D eigenvalue weighted by atomic mass is 16.6. The third kappa shape index (κ3) is 6.62. The number of amides is 1. The zero-order valence-electron chi connectivity index (χ0n) is 12.5. The van der Waals surface area contributed by atoms with Crippen LogP contribution in [-0.2, 0) is 9.53 Å². The van der Waals surface area contributed by atoms with Crippen molar-refractivity contribution >= 4 is 12.4 Å². The summed E-state index contributed by atoms with van der Waals surface area (Å²) >= 11 is 0. The minimum Gasteiger partial charge on any atom is -0.444 e. The Bertz CT molecular complexity index is 269. The zero-order valence-corrected chi connectivity index (χ0v) is 12.5. The van der Waals surface area contributed by atoms with Crippen molar-refractivity contribution in [2.45, 2.75) is 66.0 Å². The number of hydrogen-bond donors (Lipinski definition) is 0. The van der Waals surface area contributed by atoms with Crippen molar-refractivity contribution in [3.05, 3.63) is 0 Å². The minimum atomic E-state index is -0.533. The van der Waals surface area contributed by atoms with Gasteiger partial charge in [-0.3, -0.25) is 4.90 Å². The van der Waals surface area contributed by atoms with E-state index in [9.17, 15) is 9.59 Å². The molecule has 1 unspecified atom stereocenters. The van der Waals surface area contributed by atoms with E-state index in [4.69, 9.17) is 4.74 Å². The van der Waals surface area contributed by atoms with Crippen molar-refractivity contribution in [1.82, 2.24) is 4.90 Å². The van der Waals surface area contributed by atoms with Gasteiger partial charge in [0.1, 0.15) is 11.9 Å². The van der Waals surface area contributed by atoms with Crippen LogP contribution in [0.1, 0.15) is 54.4 Å². The number of rotatable bonds is 6. The number of hydrogen-bond acceptors (Lipinski definition) is 3. The lowest BCUT2D eigenvalue weighted by Crippen LogP contribution is -2.45. The normalized spacial score (nSPS) is 13.3. The molecule has 0 aromatic heterocycles. The molecule has 0 aliphatic heterocycles. The molecule has 0 spiro atoms. The smallest absolute Gasteiger partial charge is 0.410 e. The molecule has 0 aliphatic rings. The Morgan fingerprint density at radius 2 is 1.89 bits per heavy atom. The van der Waals surface area contributed by atoms with E-state index < -0.39 is 11.7 Å². The van der Waals surface area contributed by atoms with Crippen molar-refractivity contribution in [2.24, 2.45) is 5.92 Å². The van der Waals surface area contributed by atoms with Crippen LogP contribution in [0.3, 0.4) is 0 Å². The van der Waals surface area contributed by atoms with Gasteiger partial charge in [-0.1, -0.05) is 20.8 Å². The first kappa shape index (κ1) is 16.9. The summed E-state index contributed by atoms with van der Waals surface area (Å²) in [5.41, 5.74) is -0.533. The Kier molecular flexibility index (Phi) is 6.96. The van der Waals surface area contributed by atoms with E-state index in [-0.39, 0.29) is 6.04 Å². The van der Waals surface area contributed by atoms with Gasteiger partial charge in [0.05, 0.1) is 6.04 Å². The quantitative estimate of drug-likeness (QED) is 0.686. The Morgan fingerprint density at radius 1 is 1.33 bits per heavy atom. The summed E-state index contributed by atoms with van der Waals surface area (Å²) in [6.07, 6.45) is 1.92. The Morgan fingerprint density at radius 3 is 2.22 bits per heavy atom. The summed E-state index contributed by atoms with van der Waals surface area (Å²) in [5, 5.41) is 0. The SMILES string of the molecule is CCCN(C(=O)OC(C)(C)C)C(C=O)CC(C)C. The predicted octanol–water partition coefficient (Wildman–Crippen LogP) is 3.25. The van der Waals surface area contributed by atoms with Crippen LogP contribution in [0.25, 0.3) is 0 Å². The third-order valence-electron chi connectivity index (χ3n) is 2.36. The summed E-state index contributed by atoms with van der Waals surface area (Å²) in [6, 6.07) is -0.389. The molecule has 0 aliphatic carbocycles. The summed E-state index contributed by atoms with van der Waals surface area (Å²) in [4.78, 5) is 24.8. The fourth-order valence-corrected chi connectivity index (χ4v) is 1.69.